The Morgan fingerprint density at radius 2 is 2.16 bits per heavy atom. The summed E-state index contributed by atoms with van der Waals surface area (Å²) in [5.41, 5.74) is 7.10. The van der Waals surface area contributed by atoms with Crippen molar-refractivity contribution < 1.29 is 0 Å². The molecule has 0 unspecified atom stereocenters. The van der Waals surface area contributed by atoms with E-state index in [4.69, 9.17) is 18.0 Å². The number of aromatic amines is 1. The molecule has 2 aromatic rings. The molecule has 19 heavy (non-hydrogen) atoms. The molecule has 0 saturated carbocycles. The number of rotatable bonds is 3. The fraction of sp³-hybridized carbons (Fsp3) is 0.0833. The Labute approximate surface area is 129 Å². The van der Waals surface area contributed by atoms with E-state index in [9.17, 15) is 4.79 Å². The number of benzene rings is 1. The largest absolute Gasteiger partial charge is 0.389 e. The molecule has 3 N–H and O–H groups in total. The molecule has 7 heteroatoms. The van der Waals surface area contributed by atoms with Crippen LogP contribution in [0.3, 0.4) is 0 Å². The van der Waals surface area contributed by atoms with Crippen molar-refractivity contribution in [3.05, 3.63) is 50.1 Å². The van der Waals surface area contributed by atoms with E-state index in [0.29, 0.717) is 14.4 Å². The second-order valence-corrected chi connectivity index (χ2v) is 5.33. The van der Waals surface area contributed by atoms with Crippen molar-refractivity contribution in [3.63, 3.8) is 0 Å². The van der Waals surface area contributed by atoms with Crippen molar-refractivity contribution in [2.24, 2.45) is 5.73 Å². The van der Waals surface area contributed by atoms with Crippen LogP contribution in [0.4, 0.5) is 11.5 Å². The van der Waals surface area contributed by atoms with Crippen molar-refractivity contribution in [2.45, 2.75) is 0 Å². The molecule has 0 atom stereocenters. The van der Waals surface area contributed by atoms with Gasteiger partial charge in [0.05, 0.1) is 12.0 Å². The number of nitrogens with zero attached hydrogens (tertiary/aromatic N) is 2. The summed E-state index contributed by atoms with van der Waals surface area (Å²) >= 11 is 7.00. The van der Waals surface area contributed by atoms with Crippen molar-refractivity contribution in [3.8, 4) is 0 Å². The van der Waals surface area contributed by atoms with Crippen LogP contribution in [0.1, 0.15) is 5.56 Å². The monoisotopic (exact) mass is 386 g/mol. The molecule has 98 valence electrons. The SMILES string of the molecule is CN(c1ccccc1C(N)=S)c1nc[nH]c(=O)c1I. The summed E-state index contributed by atoms with van der Waals surface area (Å²) in [6.07, 6.45) is 1.37. The van der Waals surface area contributed by atoms with Gasteiger partial charge in [0.15, 0.2) is 5.82 Å². The molecular formula is C12H11IN4OS. The molecule has 0 aliphatic carbocycles. The van der Waals surface area contributed by atoms with Crippen LogP contribution >= 0.6 is 34.8 Å². The van der Waals surface area contributed by atoms with Crippen molar-refractivity contribution in [2.75, 3.05) is 11.9 Å². The molecule has 0 saturated heterocycles. The summed E-state index contributed by atoms with van der Waals surface area (Å²) < 4.78 is 0.514. The Morgan fingerprint density at radius 1 is 1.47 bits per heavy atom. The summed E-state index contributed by atoms with van der Waals surface area (Å²) in [6, 6.07) is 7.47. The summed E-state index contributed by atoms with van der Waals surface area (Å²) in [5.74, 6) is 0.563. The van der Waals surface area contributed by atoms with E-state index in [1.54, 1.807) is 4.90 Å². The van der Waals surface area contributed by atoms with Gasteiger partial charge in [0.2, 0.25) is 0 Å². The van der Waals surface area contributed by atoms with Gasteiger partial charge in [-0.1, -0.05) is 24.4 Å². The number of para-hydroxylation sites is 1. The fourth-order valence-electron chi connectivity index (χ4n) is 1.70. The Kier molecular flexibility index (Phi) is 4.15. The standard InChI is InChI=1S/C12H11IN4OS/c1-17(11-9(13)12(18)16-6-15-11)8-5-3-2-4-7(8)10(14)19/h2-6H,1H3,(H2,14,19)(H,15,16,18). The van der Waals surface area contributed by atoms with Gasteiger partial charge in [-0.05, 0) is 34.7 Å². The number of halogens is 1. The quantitative estimate of drug-likeness (QED) is 0.622. The molecule has 0 radical (unpaired) electrons. The van der Waals surface area contributed by atoms with E-state index in [2.05, 4.69) is 9.97 Å². The van der Waals surface area contributed by atoms with Gasteiger partial charge in [-0.15, -0.1) is 0 Å². The molecule has 0 fully saturated rings. The maximum absolute atomic E-state index is 11.6. The minimum atomic E-state index is -0.176. The Balaban J connectivity index is 2.56. The highest BCUT2D eigenvalue weighted by molar-refractivity contribution is 14.1. The molecule has 5 nitrogen and oxygen atoms in total. The molecule has 0 aliphatic rings. The Hall–Kier alpha value is -1.48. The average Bonchev–Trinajstić information content (AvgIpc) is 2.41. The molecule has 2 rings (SSSR count). The minimum absolute atomic E-state index is 0.176. The molecule has 1 aromatic carbocycles. The number of hydrogen-bond donors (Lipinski definition) is 2. The van der Waals surface area contributed by atoms with Gasteiger partial charge in [-0.3, -0.25) is 4.79 Å². The highest BCUT2D eigenvalue weighted by Crippen LogP contribution is 2.27. The van der Waals surface area contributed by atoms with Crippen LogP contribution in [-0.4, -0.2) is 22.0 Å². The molecule has 0 bridgehead atoms. The van der Waals surface area contributed by atoms with E-state index < -0.39 is 0 Å². The van der Waals surface area contributed by atoms with Crippen LogP contribution in [0.2, 0.25) is 0 Å². The summed E-state index contributed by atoms with van der Waals surface area (Å²) in [7, 11) is 1.82. The number of hydrogen-bond acceptors (Lipinski definition) is 4. The minimum Gasteiger partial charge on any atom is -0.389 e. The molecule has 1 heterocycles. The predicted molar refractivity (Wildman–Crippen MR) is 88.0 cm³/mol. The maximum Gasteiger partial charge on any atom is 0.266 e. The van der Waals surface area contributed by atoms with Crippen LogP contribution in [0.25, 0.3) is 0 Å². The van der Waals surface area contributed by atoms with Gasteiger partial charge >= 0.3 is 0 Å². The van der Waals surface area contributed by atoms with Crippen LogP contribution in [0, 0.1) is 3.57 Å². The van der Waals surface area contributed by atoms with Crippen LogP contribution in [0.5, 0.6) is 0 Å². The smallest absolute Gasteiger partial charge is 0.266 e. The van der Waals surface area contributed by atoms with Crippen LogP contribution in [-0.2, 0) is 0 Å². The number of nitrogens with one attached hydrogen (secondary N) is 1. The zero-order valence-electron chi connectivity index (χ0n) is 10.1. The van der Waals surface area contributed by atoms with Gasteiger partial charge in [0.25, 0.3) is 5.56 Å². The van der Waals surface area contributed by atoms with Crippen LogP contribution in [0.15, 0.2) is 35.4 Å². The predicted octanol–water partition coefficient (Wildman–Crippen LogP) is 1.78. The third-order valence-corrected chi connectivity index (χ3v) is 3.82. The lowest BCUT2D eigenvalue weighted by atomic mass is 10.1. The number of anilines is 2. The summed E-state index contributed by atoms with van der Waals surface area (Å²) in [4.78, 5) is 20.4. The molecular weight excluding hydrogens is 375 g/mol. The molecule has 0 spiro atoms. The second-order valence-electron chi connectivity index (χ2n) is 3.81. The van der Waals surface area contributed by atoms with E-state index >= 15 is 0 Å². The lowest BCUT2D eigenvalue weighted by Crippen LogP contribution is -2.22. The highest BCUT2D eigenvalue weighted by atomic mass is 127. The van der Waals surface area contributed by atoms with E-state index in [0.717, 1.165) is 11.3 Å². The first-order valence-corrected chi connectivity index (χ1v) is 6.87. The number of aromatic nitrogens is 2. The number of nitrogens with two attached hydrogens (primary N) is 1. The molecule has 0 aliphatic heterocycles. The first-order valence-electron chi connectivity index (χ1n) is 5.38. The van der Waals surface area contributed by atoms with Crippen molar-refractivity contribution in [1.82, 2.24) is 9.97 Å². The van der Waals surface area contributed by atoms with Crippen LogP contribution < -0.4 is 16.2 Å². The average molecular weight is 386 g/mol. The fourth-order valence-corrected chi connectivity index (χ4v) is 2.53. The summed E-state index contributed by atoms with van der Waals surface area (Å²) in [5, 5.41) is 0. The third-order valence-electron chi connectivity index (χ3n) is 2.63. The van der Waals surface area contributed by atoms with Gasteiger partial charge in [0.1, 0.15) is 8.56 Å². The first-order chi connectivity index (χ1) is 9.02. The maximum atomic E-state index is 11.6. The van der Waals surface area contributed by atoms with E-state index in [1.807, 2.05) is 53.9 Å². The molecule has 1 aromatic heterocycles. The van der Waals surface area contributed by atoms with Gasteiger partial charge in [-0.25, -0.2) is 4.98 Å². The Morgan fingerprint density at radius 3 is 2.84 bits per heavy atom. The third kappa shape index (κ3) is 2.76. The molecule has 0 amide bonds. The Bertz CT molecular complexity index is 685. The topological polar surface area (TPSA) is 75.0 Å². The van der Waals surface area contributed by atoms with Crippen molar-refractivity contribution in [1.29, 1.82) is 0 Å². The second kappa shape index (κ2) is 5.66. The van der Waals surface area contributed by atoms with Gasteiger partial charge in [-0.2, -0.15) is 0 Å². The van der Waals surface area contributed by atoms with Gasteiger partial charge < -0.3 is 15.6 Å². The van der Waals surface area contributed by atoms with Gasteiger partial charge in [0, 0.05) is 12.6 Å². The number of thiocarbonyl (C=S) groups is 1. The normalized spacial score (nSPS) is 10.2. The van der Waals surface area contributed by atoms with Crippen molar-refractivity contribution >= 4 is 51.3 Å². The number of H-pyrrole nitrogens is 1. The van der Waals surface area contributed by atoms with E-state index in [1.165, 1.54) is 6.33 Å². The highest BCUT2D eigenvalue weighted by Gasteiger charge is 2.15. The lowest BCUT2D eigenvalue weighted by Gasteiger charge is -2.21. The zero-order chi connectivity index (χ0) is 14.0. The lowest BCUT2D eigenvalue weighted by molar-refractivity contribution is 1.04. The summed E-state index contributed by atoms with van der Waals surface area (Å²) in [6.45, 7) is 0. The zero-order valence-corrected chi connectivity index (χ0v) is 13.0. The first kappa shape index (κ1) is 13.9. The van der Waals surface area contributed by atoms with E-state index in [-0.39, 0.29) is 5.56 Å².